The molecule has 1 aromatic rings. The second-order valence-electron chi connectivity index (χ2n) is 7.47. The minimum atomic E-state index is -0.916. The number of aliphatic hydroxyl groups is 1. The van der Waals surface area contributed by atoms with E-state index in [0.717, 1.165) is 44.5 Å². The van der Waals surface area contributed by atoms with Gasteiger partial charge in [-0.1, -0.05) is 6.42 Å². The van der Waals surface area contributed by atoms with Crippen LogP contribution in [0.15, 0.2) is 6.33 Å². The lowest BCUT2D eigenvalue weighted by molar-refractivity contribution is -0.156. The number of methoxy groups -OCH3 is 1. The van der Waals surface area contributed by atoms with E-state index in [-0.39, 0.29) is 11.3 Å². The van der Waals surface area contributed by atoms with Crippen molar-refractivity contribution in [2.75, 3.05) is 26.8 Å². The molecule has 1 aliphatic carbocycles. The predicted molar refractivity (Wildman–Crippen MR) is 88.2 cm³/mol. The number of nitrogens with zero attached hydrogens (tertiary/aromatic N) is 4. The van der Waals surface area contributed by atoms with Crippen LogP contribution in [0.3, 0.4) is 0 Å². The molecule has 0 bridgehead atoms. The number of aryl methyl sites for hydroxylation is 1. The normalized spacial score (nSPS) is 26.2. The maximum atomic E-state index is 13.1. The van der Waals surface area contributed by atoms with Crippen LogP contribution in [0.5, 0.6) is 0 Å². The molecule has 1 saturated carbocycles. The summed E-state index contributed by atoms with van der Waals surface area (Å²) in [6, 6.07) is 0. The highest BCUT2D eigenvalue weighted by Gasteiger charge is 2.48. The molecule has 1 saturated heterocycles. The standard InChI is InChI=1S/C17H28N4O3/c1-20-13-18-19-14(20)11-17(23)7-4-9-21(12-17)15(22)16(5-3-6-16)8-10-24-2/h13,23H,3-12H2,1-2H3. The van der Waals surface area contributed by atoms with E-state index in [0.29, 0.717) is 26.0 Å². The van der Waals surface area contributed by atoms with E-state index in [1.165, 1.54) is 0 Å². The summed E-state index contributed by atoms with van der Waals surface area (Å²) in [6.07, 6.45) is 7.33. The van der Waals surface area contributed by atoms with Gasteiger partial charge >= 0.3 is 0 Å². The van der Waals surface area contributed by atoms with Gasteiger partial charge in [-0.15, -0.1) is 10.2 Å². The van der Waals surface area contributed by atoms with Gasteiger partial charge in [0.25, 0.3) is 0 Å². The molecule has 134 valence electrons. The average molecular weight is 336 g/mol. The Morgan fingerprint density at radius 3 is 2.75 bits per heavy atom. The zero-order valence-corrected chi connectivity index (χ0v) is 14.7. The Hall–Kier alpha value is -1.47. The summed E-state index contributed by atoms with van der Waals surface area (Å²) in [5, 5.41) is 19.0. The van der Waals surface area contributed by atoms with Gasteiger partial charge < -0.3 is 19.3 Å². The largest absolute Gasteiger partial charge is 0.388 e. The second-order valence-corrected chi connectivity index (χ2v) is 7.47. The van der Waals surface area contributed by atoms with E-state index in [2.05, 4.69) is 10.2 Å². The molecular weight excluding hydrogens is 308 g/mol. The van der Waals surface area contributed by atoms with Crippen LogP contribution >= 0.6 is 0 Å². The van der Waals surface area contributed by atoms with Crippen molar-refractivity contribution < 1.29 is 14.6 Å². The van der Waals surface area contributed by atoms with Crippen LogP contribution in [0.2, 0.25) is 0 Å². The number of amides is 1. The fourth-order valence-electron chi connectivity index (χ4n) is 4.00. The Bertz CT molecular complexity index is 584. The lowest BCUT2D eigenvalue weighted by atomic mass is 9.65. The molecular formula is C17H28N4O3. The first-order chi connectivity index (χ1) is 11.5. The molecule has 1 aromatic heterocycles. The molecule has 1 aliphatic heterocycles. The summed E-state index contributed by atoms with van der Waals surface area (Å²) in [4.78, 5) is 15.0. The van der Waals surface area contributed by atoms with Crippen molar-refractivity contribution >= 4 is 5.91 Å². The summed E-state index contributed by atoms with van der Waals surface area (Å²) in [5.74, 6) is 0.950. The van der Waals surface area contributed by atoms with Gasteiger partial charge in [-0.3, -0.25) is 4.79 Å². The first kappa shape index (κ1) is 17.4. The highest BCUT2D eigenvalue weighted by molar-refractivity contribution is 5.83. The molecule has 2 fully saturated rings. The molecule has 3 rings (SSSR count). The van der Waals surface area contributed by atoms with Crippen LogP contribution in [-0.2, 0) is 23.0 Å². The zero-order valence-electron chi connectivity index (χ0n) is 14.7. The predicted octanol–water partition coefficient (Wildman–Crippen LogP) is 0.918. The first-order valence-electron chi connectivity index (χ1n) is 8.82. The molecule has 7 nitrogen and oxygen atoms in total. The average Bonchev–Trinajstić information content (AvgIpc) is 2.90. The summed E-state index contributed by atoms with van der Waals surface area (Å²) in [5.41, 5.74) is -1.18. The van der Waals surface area contributed by atoms with E-state index in [4.69, 9.17) is 4.74 Å². The van der Waals surface area contributed by atoms with E-state index in [1.807, 2.05) is 16.5 Å². The minimum Gasteiger partial charge on any atom is -0.388 e. The van der Waals surface area contributed by atoms with Crippen molar-refractivity contribution in [2.24, 2.45) is 12.5 Å². The molecule has 0 aromatic carbocycles. The summed E-state index contributed by atoms with van der Waals surface area (Å²) < 4.78 is 7.02. The van der Waals surface area contributed by atoms with Crippen molar-refractivity contribution in [3.8, 4) is 0 Å². The quantitative estimate of drug-likeness (QED) is 0.835. The molecule has 1 unspecified atom stereocenters. The topological polar surface area (TPSA) is 80.5 Å². The molecule has 1 atom stereocenters. The number of piperidine rings is 1. The number of ether oxygens (including phenoxy) is 1. The van der Waals surface area contributed by atoms with Crippen molar-refractivity contribution in [2.45, 2.75) is 50.5 Å². The van der Waals surface area contributed by atoms with Gasteiger partial charge in [0.2, 0.25) is 5.91 Å². The monoisotopic (exact) mass is 336 g/mol. The highest BCUT2D eigenvalue weighted by Crippen LogP contribution is 2.46. The van der Waals surface area contributed by atoms with E-state index in [9.17, 15) is 9.90 Å². The third-order valence-electron chi connectivity index (χ3n) is 5.68. The fraction of sp³-hybridized carbons (Fsp3) is 0.824. The van der Waals surface area contributed by atoms with Crippen molar-refractivity contribution in [3.05, 3.63) is 12.2 Å². The molecule has 7 heteroatoms. The van der Waals surface area contributed by atoms with Crippen LogP contribution in [0.1, 0.15) is 44.3 Å². The van der Waals surface area contributed by atoms with Crippen LogP contribution in [0.25, 0.3) is 0 Å². The second kappa shape index (κ2) is 6.80. The van der Waals surface area contributed by atoms with Gasteiger partial charge in [0.1, 0.15) is 12.2 Å². The summed E-state index contributed by atoms with van der Waals surface area (Å²) >= 11 is 0. The number of hydrogen-bond acceptors (Lipinski definition) is 5. The number of hydrogen-bond donors (Lipinski definition) is 1. The lowest BCUT2D eigenvalue weighted by Gasteiger charge is -2.47. The van der Waals surface area contributed by atoms with Crippen LogP contribution in [-0.4, -0.2) is 63.1 Å². The van der Waals surface area contributed by atoms with Gasteiger partial charge in [0.15, 0.2) is 0 Å². The molecule has 1 amide bonds. The van der Waals surface area contributed by atoms with E-state index >= 15 is 0 Å². The Balaban J connectivity index is 1.68. The first-order valence-corrected chi connectivity index (χ1v) is 8.82. The Labute approximate surface area is 143 Å². The molecule has 0 radical (unpaired) electrons. The maximum Gasteiger partial charge on any atom is 0.228 e. The third-order valence-corrected chi connectivity index (χ3v) is 5.68. The number of aromatic nitrogens is 3. The number of β-amino-alcohol motifs (C(OH)–C–C–N with tert-alkyl or cyclic N) is 1. The zero-order chi connectivity index (χ0) is 17.2. The highest BCUT2D eigenvalue weighted by atomic mass is 16.5. The molecule has 2 heterocycles. The third kappa shape index (κ3) is 3.32. The van der Waals surface area contributed by atoms with Gasteiger partial charge in [-0.2, -0.15) is 0 Å². The van der Waals surface area contributed by atoms with Gasteiger partial charge in [-0.05, 0) is 32.1 Å². The Morgan fingerprint density at radius 1 is 1.38 bits per heavy atom. The Morgan fingerprint density at radius 2 is 2.17 bits per heavy atom. The van der Waals surface area contributed by atoms with Crippen molar-refractivity contribution in [1.82, 2.24) is 19.7 Å². The smallest absolute Gasteiger partial charge is 0.228 e. The van der Waals surface area contributed by atoms with Gasteiger partial charge in [0, 0.05) is 40.3 Å². The molecule has 0 spiro atoms. The fourth-order valence-corrected chi connectivity index (χ4v) is 4.00. The lowest BCUT2D eigenvalue weighted by Crippen LogP contribution is -2.57. The number of carbonyl (C=O) groups excluding carboxylic acids is 1. The van der Waals surface area contributed by atoms with Gasteiger partial charge in [-0.25, -0.2) is 0 Å². The van der Waals surface area contributed by atoms with Crippen molar-refractivity contribution in [1.29, 1.82) is 0 Å². The minimum absolute atomic E-state index is 0.196. The van der Waals surface area contributed by atoms with Gasteiger partial charge in [0.05, 0.1) is 11.0 Å². The maximum absolute atomic E-state index is 13.1. The number of rotatable bonds is 6. The molecule has 24 heavy (non-hydrogen) atoms. The number of carbonyl (C=O) groups is 1. The van der Waals surface area contributed by atoms with E-state index < -0.39 is 5.60 Å². The number of likely N-dealkylation sites (tertiary alicyclic amines) is 1. The Kier molecular flexibility index (Phi) is 4.92. The van der Waals surface area contributed by atoms with Crippen LogP contribution in [0.4, 0.5) is 0 Å². The summed E-state index contributed by atoms with van der Waals surface area (Å²) in [7, 11) is 3.55. The van der Waals surface area contributed by atoms with Crippen LogP contribution in [0, 0.1) is 5.41 Å². The SMILES string of the molecule is COCCC1(C(=O)N2CCCC(O)(Cc3nncn3C)C2)CCC1. The molecule has 2 aliphatic rings. The summed E-state index contributed by atoms with van der Waals surface area (Å²) in [6.45, 7) is 1.73. The molecule has 1 N–H and O–H groups in total. The van der Waals surface area contributed by atoms with E-state index in [1.54, 1.807) is 13.4 Å². The van der Waals surface area contributed by atoms with Crippen molar-refractivity contribution in [3.63, 3.8) is 0 Å². The van der Waals surface area contributed by atoms with Crippen LogP contribution < -0.4 is 0 Å².